The van der Waals surface area contributed by atoms with Crippen molar-refractivity contribution in [2.24, 2.45) is 5.92 Å². The number of terminal acetylenes is 1. The molecule has 0 bridgehead atoms. The van der Waals surface area contributed by atoms with Gasteiger partial charge >= 0.3 is 0 Å². The summed E-state index contributed by atoms with van der Waals surface area (Å²) in [7, 11) is 0. The quantitative estimate of drug-likeness (QED) is 0.855. The van der Waals surface area contributed by atoms with E-state index >= 15 is 0 Å². The number of carbonyl (C=O) groups is 1. The van der Waals surface area contributed by atoms with E-state index in [1.807, 2.05) is 4.90 Å². The minimum atomic E-state index is 0.0284. The Bertz CT molecular complexity index is 664. The van der Waals surface area contributed by atoms with Gasteiger partial charge in [0, 0.05) is 43.2 Å². The third-order valence-electron chi connectivity index (χ3n) is 3.77. The molecule has 1 N–H and O–H groups in total. The molecule has 0 saturated carbocycles. The van der Waals surface area contributed by atoms with E-state index in [1.165, 1.54) is 0 Å². The summed E-state index contributed by atoms with van der Waals surface area (Å²) in [5, 5.41) is 0. The summed E-state index contributed by atoms with van der Waals surface area (Å²) in [5.74, 6) is 3.76. The fourth-order valence-electron chi connectivity index (χ4n) is 2.53. The average molecular weight is 280 g/mol. The minimum absolute atomic E-state index is 0.0284. The lowest BCUT2D eigenvalue weighted by molar-refractivity contribution is 0.0708. The highest BCUT2D eigenvalue weighted by Crippen LogP contribution is 2.19. The van der Waals surface area contributed by atoms with Gasteiger partial charge in [-0.25, -0.2) is 4.98 Å². The first kappa shape index (κ1) is 13.4. The van der Waals surface area contributed by atoms with Crippen LogP contribution in [0.4, 0.5) is 0 Å². The molecular formula is C16H16N4O. The molecule has 1 fully saturated rings. The summed E-state index contributed by atoms with van der Waals surface area (Å²) < 4.78 is 0. The number of aromatic amines is 1. The van der Waals surface area contributed by atoms with E-state index in [0.717, 1.165) is 12.8 Å². The second kappa shape index (κ2) is 5.80. The monoisotopic (exact) mass is 280 g/mol. The van der Waals surface area contributed by atoms with Crippen LogP contribution in [0.1, 0.15) is 23.2 Å². The van der Waals surface area contributed by atoms with Gasteiger partial charge < -0.3 is 9.88 Å². The van der Waals surface area contributed by atoms with Gasteiger partial charge in [0.2, 0.25) is 0 Å². The molecule has 0 spiro atoms. The summed E-state index contributed by atoms with van der Waals surface area (Å²) in [6.07, 6.45) is 12.2. The maximum absolute atomic E-state index is 12.5. The number of likely N-dealkylation sites (tertiary alicyclic amines) is 1. The maximum atomic E-state index is 12.5. The van der Waals surface area contributed by atoms with Crippen molar-refractivity contribution < 1.29 is 4.79 Å². The lowest BCUT2D eigenvalue weighted by atomic mass is 9.97. The Hall–Kier alpha value is -2.61. The van der Waals surface area contributed by atoms with Crippen molar-refractivity contribution in [3.63, 3.8) is 0 Å². The number of hydrogen-bond donors (Lipinski definition) is 1. The highest BCUT2D eigenvalue weighted by atomic mass is 16.2. The highest BCUT2D eigenvalue weighted by molar-refractivity contribution is 5.95. The van der Waals surface area contributed by atoms with Gasteiger partial charge in [-0.3, -0.25) is 9.78 Å². The molecule has 106 valence electrons. The predicted octanol–water partition coefficient (Wildman–Crippen LogP) is 1.96. The molecule has 5 nitrogen and oxygen atoms in total. The van der Waals surface area contributed by atoms with Crippen LogP contribution in [-0.4, -0.2) is 38.8 Å². The Morgan fingerprint density at radius 3 is 2.81 bits per heavy atom. The number of piperidine rings is 1. The van der Waals surface area contributed by atoms with E-state index in [2.05, 4.69) is 20.9 Å². The molecule has 21 heavy (non-hydrogen) atoms. The summed E-state index contributed by atoms with van der Waals surface area (Å²) in [5.41, 5.74) is 1.31. The molecule has 1 saturated heterocycles. The van der Waals surface area contributed by atoms with Gasteiger partial charge in [0.1, 0.15) is 5.69 Å². The van der Waals surface area contributed by atoms with Crippen molar-refractivity contribution in [1.29, 1.82) is 0 Å². The van der Waals surface area contributed by atoms with Crippen LogP contribution < -0.4 is 0 Å². The Morgan fingerprint density at radius 2 is 2.14 bits per heavy atom. The molecule has 2 aromatic rings. The number of hydrogen-bond acceptors (Lipinski definition) is 3. The van der Waals surface area contributed by atoms with E-state index in [0.29, 0.717) is 36.1 Å². The van der Waals surface area contributed by atoms with Crippen LogP contribution in [0.5, 0.6) is 0 Å². The largest absolute Gasteiger partial charge is 0.343 e. The topological polar surface area (TPSA) is 61.9 Å². The molecule has 0 atom stereocenters. The van der Waals surface area contributed by atoms with Gasteiger partial charge in [-0.2, -0.15) is 0 Å². The Balaban J connectivity index is 1.77. The lowest BCUT2D eigenvalue weighted by Crippen LogP contribution is -2.38. The Morgan fingerprint density at radius 1 is 1.33 bits per heavy atom. The maximum Gasteiger partial charge on any atom is 0.253 e. The molecule has 2 aromatic heterocycles. The zero-order valence-electron chi connectivity index (χ0n) is 11.6. The molecule has 0 unspecified atom stereocenters. The van der Waals surface area contributed by atoms with E-state index in [1.54, 1.807) is 30.7 Å². The van der Waals surface area contributed by atoms with Gasteiger partial charge in [0.25, 0.3) is 5.91 Å². The number of amides is 1. The molecule has 3 heterocycles. The molecule has 5 heteroatoms. The SMILES string of the molecule is C#CC1CCN(C(=O)c2ccnc(-c3ncc[nH]3)c2)CC1. The standard InChI is InChI=1S/C16H16N4O/c1-2-12-4-9-20(10-5-12)16(21)13-3-6-17-14(11-13)15-18-7-8-19-15/h1,3,6-8,11-12H,4-5,9-10H2,(H,18,19). The summed E-state index contributed by atoms with van der Waals surface area (Å²) >= 11 is 0. The number of aromatic nitrogens is 3. The van der Waals surface area contributed by atoms with E-state index in [9.17, 15) is 4.79 Å². The second-order valence-electron chi connectivity index (χ2n) is 5.10. The molecule has 1 aliphatic heterocycles. The minimum Gasteiger partial charge on any atom is -0.343 e. The normalized spacial score (nSPS) is 15.7. The Kier molecular flexibility index (Phi) is 3.69. The van der Waals surface area contributed by atoms with Crippen LogP contribution in [0.3, 0.4) is 0 Å². The fraction of sp³-hybridized carbons (Fsp3) is 0.312. The summed E-state index contributed by atoms with van der Waals surface area (Å²) in [6, 6.07) is 3.51. The van der Waals surface area contributed by atoms with Crippen LogP contribution in [-0.2, 0) is 0 Å². The third-order valence-corrected chi connectivity index (χ3v) is 3.77. The van der Waals surface area contributed by atoms with Crippen LogP contribution in [0, 0.1) is 18.3 Å². The van der Waals surface area contributed by atoms with Gasteiger partial charge in [-0.15, -0.1) is 12.3 Å². The van der Waals surface area contributed by atoms with Crippen LogP contribution in [0.15, 0.2) is 30.7 Å². The van der Waals surface area contributed by atoms with E-state index in [4.69, 9.17) is 6.42 Å². The molecule has 3 rings (SSSR count). The number of rotatable bonds is 2. The Labute approximate surface area is 123 Å². The van der Waals surface area contributed by atoms with Gasteiger partial charge in [-0.1, -0.05) is 0 Å². The van der Waals surface area contributed by atoms with E-state index in [-0.39, 0.29) is 5.91 Å². The van der Waals surface area contributed by atoms with Crippen molar-refractivity contribution in [2.75, 3.05) is 13.1 Å². The third kappa shape index (κ3) is 2.79. The molecule has 0 aromatic carbocycles. The summed E-state index contributed by atoms with van der Waals surface area (Å²) in [4.78, 5) is 25.8. The van der Waals surface area contributed by atoms with Crippen LogP contribution in [0.2, 0.25) is 0 Å². The van der Waals surface area contributed by atoms with Crippen molar-refractivity contribution >= 4 is 5.91 Å². The van der Waals surface area contributed by atoms with Crippen molar-refractivity contribution in [1.82, 2.24) is 19.9 Å². The molecular weight excluding hydrogens is 264 g/mol. The van der Waals surface area contributed by atoms with Crippen molar-refractivity contribution in [3.05, 3.63) is 36.3 Å². The zero-order chi connectivity index (χ0) is 14.7. The second-order valence-corrected chi connectivity index (χ2v) is 5.10. The number of carbonyl (C=O) groups excluding carboxylic acids is 1. The molecule has 1 amide bonds. The first-order valence-corrected chi connectivity index (χ1v) is 6.99. The molecule has 1 aliphatic rings. The van der Waals surface area contributed by atoms with Gasteiger partial charge in [-0.05, 0) is 25.0 Å². The highest BCUT2D eigenvalue weighted by Gasteiger charge is 2.22. The predicted molar refractivity (Wildman–Crippen MR) is 79.3 cm³/mol. The smallest absolute Gasteiger partial charge is 0.253 e. The number of imidazole rings is 1. The van der Waals surface area contributed by atoms with Crippen molar-refractivity contribution in [2.45, 2.75) is 12.8 Å². The average Bonchev–Trinajstić information content (AvgIpc) is 3.09. The first-order valence-electron chi connectivity index (χ1n) is 6.99. The van der Waals surface area contributed by atoms with Gasteiger partial charge in [0.15, 0.2) is 5.82 Å². The van der Waals surface area contributed by atoms with Crippen LogP contribution in [0.25, 0.3) is 11.5 Å². The zero-order valence-corrected chi connectivity index (χ0v) is 11.6. The number of H-pyrrole nitrogens is 1. The number of nitrogens with zero attached hydrogens (tertiary/aromatic N) is 3. The molecule has 0 radical (unpaired) electrons. The van der Waals surface area contributed by atoms with E-state index < -0.39 is 0 Å². The van der Waals surface area contributed by atoms with Gasteiger partial charge in [0.05, 0.1) is 0 Å². The fourth-order valence-corrected chi connectivity index (χ4v) is 2.53. The molecule has 0 aliphatic carbocycles. The number of pyridine rings is 1. The summed E-state index contributed by atoms with van der Waals surface area (Å²) in [6.45, 7) is 1.43. The lowest BCUT2D eigenvalue weighted by Gasteiger charge is -2.29. The van der Waals surface area contributed by atoms with Crippen molar-refractivity contribution in [3.8, 4) is 23.9 Å². The first-order chi connectivity index (χ1) is 10.3. The number of nitrogens with one attached hydrogen (secondary N) is 1. The van der Waals surface area contributed by atoms with Crippen LogP contribution >= 0.6 is 0 Å².